The second-order valence-corrected chi connectivity index (χ2v) is 6.54. The number of hydrogen-bond acceptors (Lipinski definition) is 6. The molecular formula is C15H25N7O2. The van der Waals surface area contributed by atoms with Gasteiger partial charge in [0.1, 0.15) is 11.4 Å². The van der Waals surface area contributed by atoms with Crippen molar-refractivity contribution < 1.29 is 9.59 Å². The molecule has 1 aromatic rings. The van der Waals surface area contributed by atoms with Gasteiger partial charge in [-0.2, -0.15) is 0 Å². The molecule has 24 heavy (non-hydrogen) atoms. The van der Waals surface area contributed by atoms with E-state index >= 15 is 0 Å². The summed E-state index contributed by atoms with van der Waals surface area (Å²) in [5, 5.41) is 17.6. The molecule has 132 valence electrons. The van der Waals surface area contributed by atoms with Crippen LogP contribution in [0.5, 0.6) is 0 Å². The zero-order chi connectivity index (χ0) is 17.2. The Morgan fingerprint density at radius 3 is 2.62 bits per heavy atom. The van der Waals surface area contributed by atoms with Gasteiger partial charge in [0.05, 0.1) is 0 Å². The van der Waals surface area contributed by atoms with E-state index in [4.69, 9.17) is 0 Å². The predicted molar refractivity (Wildman–Crippen MR) is 86.0 cm³/mol. The van der Waals surface area contributed by atoms with Crippen molar-refractivity contribution in [3.05, 3.63) is 5.82 Å². The van der Waals surface area contributed by atoms with Crippen LogP contribution >= 0.6 is 0 Å². The standard InChI is InChI=1S/C15H25N7O2/c1-3-15(12-5-7-16-8-6-12)13(23)21(14(24)17-15)9-4-10-22-11(2)18-19-20-22/h12,16H,3-10H2,1-2H3,(H,17,24)/t15-/m0/s1. The molecule has 3 amide bonds. The third-order valence-electron chi connectivity index (χ3n) is 5.26. The van der Waals surface area contributed by atoms with E-state index in [1.165, 1.54) is 4.90 Å². The Bertz CT molecular complexity index is 611. The molecule has 3 rings (SSSR count). The molecule has 2 aliphatic rings. The molecule has 2 aliphatic heterocycles. The van der Waals surface area contributed by atoms with Crippen molar-refractivity contribution in [3.63, 3.8) is 0 Å². The van der Waals surface area contributed by atoms with Crippen molar-refractivity contribution in [3.8, 4) is 0 Å². The van der Waals surface area contributed by atoms with Gasteiger partial charge in [0.2, 0.25) is 0 Å². The number of carbonyl (C=O) groups is 2. The van der Waals surface area contributed by atoms with Gasteiger partial charge >= 0.3 is 6.03 Å². The Labute approximate surface area is 141 Å². The van der Waals surface area contributed by atoms with Crippen LogP contribution in [-0.4, -0.2) is 62.2 Å². The smallest absolute Gasteiger partial charge is 0.323 e. The van der Waals surface area contributed by atoms with Crippen LogP contribution in [0.15, 0.2) is 0 Å². The summed E-state index contributed by atoms with van der Waals surface area (Å²) >= 11 is 0. The number of nitrogens with one attached hydrogen (secondary N) is 2. The van der Waals surface area contributed by atoms with Gasteiger partial charge in [0.15, 0.2) is 0 Å². The lowest BCUT2D eigenvalue weighted by Gasteiger charge is -2.37. The minimum Gasteiger partial charge on any atom is -0.323 e. The number of aryl methyl sites for hydroxylation is 2. The number of rotatable bonds is 6. The van der Waals surface area contributed by atoms with E-state index in [-0.39, 0.29) is 17.9 Å². The maximum Gasteiger partial charge on any atom is 0.325 e. The average molecular weight is 335 g/mol. The number of tetrazole rings is 1. The van der Waals surface area contributed by atoms with E-state index in [1.807, 2.05) is 13.8 Å². The minimum atomic E-state index is -0.732. The van der Waals surface area contributed by atoms with Gasteiger partial charge in [-0.05, 0) is 62.0 Å². The molecule has 0 aromatic carbocycles. The number of piperidine rings is 1. The summed E-state index contributed by atoms with van der Waals surface area (Å²) in [7, 11) is 0. The zero-order valence-corrected chi connectivity index (χ0v) is 14.3. The first kappa shape index (κ1) is 16.8. The molecule has 1 aromatic heterocycles. The van der Waals surface area contributed by atoms with Crippen LogP contribution in [0.4, 0.5) is 4.79 Å². The third kappa shape index (κ3) is 2.88. The number of urea groups is 1. The molecule has 9 nitrogen and oxygen atoms in total. The van der Waals surface area contributed by atoms with Gasteiger partial charge in [0.25, 0.3) is 5.91 Å². The quantitative estimate of drug-likeness (QED) is 0.713. The van der Waals surface area contributed by atoms with Crippen LogP contribution in [0.3, 0.4) is 0 Å². The van der Waals surface area contributed by atoms with Crippen LogP contribution in [-0.2, 0) is 11.3 Å². The van der Waals surface area contributed by atoms with Gasteiger partial charge in [-0.1, -0.05) is 6.92 Å². The summed E-state index contributed by atoms with van der Waals surface area (Å²) in [5.74, 6) is 0.854. The molecule has 0 bridgehead atoms. The van der Waals surface area contributed by atoms with Gasteiger partial charge in [0, 0.05) is 13.1 Å². The lowest BCUT2D eigenvalue weighted by molar-refractivity contribution is -0.133. The van der Waals surface area contributed by atoms with E-state index in [9.17, 15) is 9.59 Å². The van der Waals surface area contributed by atoms with Crippen molar-refractivity contribution in [2.24, 2.45) is 5.92 Å². The normalized spacial score (nSPS) is 25.3. The van der Waals surface area contributed by atoms with Crippen LogP contribution in [0.1, 0.15) is 38.4 Å². The Balaban J connectivity index is 1.65. The summed E-state index contributed by atoms with van der Waals surface area (Å²) < 4.78 is 1.68. The zero-order valence-electron chi connectivity index (χ0n) is 14.3. The van der Waals surface area contributed by atoms with Gasteiger partial charge in [-0.25, -0.2) is 9.48 Å². The molecule has 0 radical (unpaired) electrons. The highest BCUT2D eigenvalue weighted by Crippen LogP contribution is 2.34. The second kappa shape index (κ2) is 6.84. The molecule has 2 N–H and O–H groups in total. The van der Waals surface area contributed by atoms with E-state index in [0.29, 0.717) is 25.9 Å². The van der Waals surface area contributed by atoms with Crippen LogP contribution in [0.2, 0.25) is 0 Å². The summed E-state index contributed by atoms with van der Waals surface area (Å²) in [5.41, 5.74) is -0.732. The SMILES string of the molecule is CC[C@@]1(C2CCNCC2)NC(=O)N(CCCn2nnnc2C)C1=O. The van der Waals surface area contributed by atoms with Crippen molar-refractivity contribution in [1.29, 1.82) is 0 Å². The number of carbonyl (C=O) groups excluding carboxylic acids is 2. The highest BCUT2D eigenvalue weighted by molar-refractivity contribution is 6.07. The van der Waals surface area contributed by atoms with E-state index in [0.717, 1.165) is 31.8 Å². The fraction of sp³-hybridized carbons (Fsp3) is 0.800. The Morgan fingerprint density at radius 2 is 2.00 bits per heavy atom. The monoisotopic (exact) mass is 335 g/mol. The fourth-order valence-electron chi connectivity index (χ4n) is 3.80. The molecule has 1 atom stereocenters. The first-order valence-corrected chi connectivity index (χ1v) is 8.66. The Hall–Kier alpha value is -2.03. The van der Waals surface area contributed by atoms with Gasteiger partial charge < -0.3 is 10.6 Å². The first-order chi connectivity index (χ1) is 11.6. The molecule has 3 heterocycles. The van der Waals surface area contributed by atoms with E-state index in [2.05, 4.69) is 26.2 Å². The minimum absolute atomic E-state index is 0.0738. The Morgan fingerprint density at radius 1 is 1.25 bits per heavy atom. The summed E-state index contributed by atoms with van der Waals surface area (Å²) in [6.07, 6.45) is 3.09. The van der Waals surface area contributed by atoms with Crippen LogP contribution in [0, 0.1) is 12.8 Å². The number of imide groups is 1. The van der Waals surface area contributed by atoms with Crippen molar-refractivity contribution in [2.75, 3.05) is 19.6 Å². The summed E-state index contributed by atoms with van der Waals surface area (Å²) in [6, 6.07) is -0.270. The fourth-order valence-corrected chi connectivity index (χ4v) is 3.80. The molecule has 0 saturated carbocycles. The Kier molecular flexibility index (Phi) is 4.79. The van der Waals surface area contributed by atoms with Crippen LogP contribution < -0.4 is 10.6 Å². The van der Waals surface area contributed by atoms with E-state index < -0.39 is 5.54 Å². The van der Waals surface area contributed by atoms with Gasteiger partial charge in [-0.15, -0.1) is 5.10 Å². The topological polar surface area (TPSA) is 105 Å². The average Bonchev–Trinajstić information content (AvgIpc) is 3.11. The molecule has 9 heteroatoms. The number of nitrogens with zero attached hydrogens (tertiary/aromatic N) is 5. The molecular weight excluding hydrogens is 310 g/mol. The second-order valence-electron chi connectivity index (χ2n) is 6.54. The van der Waals surface area contributed by atoms with Crippen molar-refractivity contribution in [2.45, 2.75) is 51.6 Å². The highest BCUT2D eigenvalue weighted by Gasteiger charge is 2.54. The lowest BCUT2D eigenvalue weighted by Crippen LogP contribution is -2.55. The number of aromatic nitrogens is 4. The first-order valence-electron chi connectivity index (χ1n) is 8.66. The number of amides is 3. The summed E-state index contributed by atoms with van der Waals surface area (Å²) in [4.78, 5) is 26.8. The largest absolute Gasteiger partial charge is 0.325 e. The van der Waals surface area contributed by atoms with Crippen molar-refractivity contribution >= 4 is 11.9 Å². The molecule has 2 saturated heterocycles. The van der Waals surface area contributed by atoms with Crippen molar-refractivity contribution in [1.82, 2.24) is 35.7 Å². The highest BCUT2D eigenvalue weighted by atomic mass is 16.2. The molecule has 0 spiro atoms. The summed E-state index contributed by atoms with van der Waals surface area (Å²) in [6.45, 7) is 6.57. The predicted octanol–water partition coefficient (Wildman–Crippen LogP) is 0.0718. The number of hydrogen-bond donors (Lipinski definition) is 2. The maximum absolute atomic E-state index is 13.0. The van der Waals surface area contributed by atoms with E-state index in [1.54, 1.807) is 4.68 Å². The molecule has 0 unspecified atom stereocenters. The van der Waals surface area contributed by atoms with Gasteiger partial charge in [-0.3, -0.25) is 9.69 Å². The maximum atomic E-state index is 13.0. The molecule has 0 aliphatic carbocycles. The van der Waals surface area contributed by atoms with Crippen LogP contribution in [0.25, 0.3) is 0 Å². The third-order valence-corrected chi connectivity index (χ3v) is 5.26. The molecule has 2 fully saturated rings. The lowest BCUT2D eigenvalue weighted by atomic mass is 9.76.